The molecule has 5 nitrogen and oxygen atoms in total. The molecule has 0 unspecified atom stereocenters. The van der Waals surface area contributed by atoms with Crippen molar-refractivity contribution >= 4 is 0 Å². The lowest BCUT2D eigenvalue weighted by atomic mass is 10.00. The van der Waals surface area contributed by atoms with Gasteiger partial charge in [0.25, 0.3) is 0 Å². The molecule has 2 saturated heterocycles. The molecule has 0 amide bonds. The first kappa shape index (κ1) is 11.2. The van der Waals surface area contributed by atoms with Gasteiger partial charge in [-0.25, -0.2) is 0 Å². The van der Waals surface area contributed by atoms with E-state index in [9.17, 15) is 0 Å². The standard InChI is InChI=1S/C12H19N3O2/c1-2-6-13-10(3-1)12-14-11(15-17-12)9-4-7-16-8-5-9/h9-10,13H,1-8H2/t10-/m0/s1. The van der Waals surface area contributed by atoms with Crippen molar-refractivity contribution in [2.45, 2.75) is 44.1 Å². The second-order valence-electron chi connectivity index (χ2n) is 4.88. The Hall–Kier alpha value is -0.940. The minimum absolute atomic E-state index is 0.268. The van der Waals surface area contributed by atoms with Crippen LogP contribution in [0.25, 0.3) is 0 Å². The van der Waals surface area contributed by atoms with Gasteiger partial charge in [0.05, 0.1) is 6.04 Å². The summed E-state index contributed by atoms with van der Waals surface area (Å²) in [6, 6.07) is 0.268. The van der Waals surface area contributed by atoms with E-state index >= 15 is 0 Å². The fraction of sp³-hybridized carbons (Fsp3) is 0.833. The van der Waals surface area contributed by atoms with Crippen LogP contribution in [0.3, 0.4) is 0 Å². The second kappa shape index (κ2) is 5.14. The van der Waals surface area contributed by atoms with E-state index in [1.807, 2.05) is 0 Å². The molecule has 1 aromatic heterocycles. The fourth-order valence-electron chi connectivity index (χ4n) is 2.57. The van der Waals surface area contributed by atoms with E-state index in [0.717, 1.165) is 50.7 Å². The molecule has 17 heavy (non-hydrogen) atoms. The zero-order valence-corrected chi connectivity index (χ0v) is 10.0. The highest BCUT2D eigenvalue weighted by Crippen LogP contribution is 2.27. The van der Waals surface area contributed by atoms with Crippen molar-refractivity contribution in [3.63, 3.8) is 0 Å². The molecule has 3 heterocycles. The maximum Gasteiger partial charge on any atom is 0.243 e. The number of nitrogens with zero attached hydrogens (tertiary/aromatic N) is 2. The Kier molecular flexibility index (Phi) is 3.38. The zero-order chi connectivity index (χ0) is 11.5. The molecule has 94 valence electrons. The van der Waals surface area contributed by atoms with Crippen LogP contribution in [0.1, 0.15) is 55.8 Å². The lowest BCUT2D eigenvalue weighted by molar-refractivity contribution is 0.0830. The molecule has 5 heteroatoms. The van der Waals surface area contributed by atoms with Gasteiger partial charge < -0.3 is 14.6 Å². The van der Waals surface area contributed by atoms with Crippen LogP contribution in [0.4, 0.5) is 0 Å². The molecule has 0 aromatic carbocycles. The lowest BCUT2D eigenvalue weighted by Crippen LogP contribution is -2.27. The third kappa shape index (κ3) is 2.50. The molecular formula is C12H19N3O2. The van der Waals surface area contributed by atoms with Crippen LogP contribution < -0.4 is 5.32 Å². The van der Waals surface area contributed by atoms with Gasteiger partial charge >= 0.3 is 0 Å². The maximum atomic E-state index is 5.39. The van der Waals surface area contributed by atoms with Gasteiger partial charge in [-0.2, -0.15) is 4.98 Å². The van der Waals surface area contributed by atoms with Gasteiger partial charge in [0.15, 0.2) is 5.82 Å². The number of aromatic nitrogens is 2. The topological polar surface area (TPSA) is 60.2 Å². The Labute approximate surface area is 101 Å². The van der Waals surface area contributed by atoms with Crippen LogP contribution in [-0.4, -0.2) is 29.9 Å². The molecule has 0 radical (unpaired) electrons. The number of hydrogen-bond donors (Lipinski definition) is 1. The van der Waals surface area contributed by atoms with Crippen molar-refractivity contribution in [1.82, 2.24) is 15.5 Å². The Bertz CT molecular complexity index is 322. The van der Waals surface area contributed by atoms with Gasteiger partial charge in [0.2, 0.25) is 5.89 Å². The van der Waals surface area contributed by atoms with Gasteiger partial charge in [-0.15, -0.1) is 0 Å². The van der Waals surface area contributed by atoms with Crippen LogP contribution in [0.5, 0.6) is 0 Å². The van der Waals surface area contributed by atoms with Gasteiger partial charge in [-0.3, -0.25) is 0 Å². The Morgan fingerprint density at radius 2 is 2.00 bits per heavy atom. The van der Waals surface area contributed by atoms with Crippen molar-refractivity contribution in [2.24, 2.45) is 0 Å². The monoisotopic (exact) mass is 237 g/mol. The minimum Gasteiger partial charge on any atom is -0.381 e. The molecule has 1 atom stereocenters. The number of rotatable bonds is 2. The molecule has 1 aromatic rings. The number of piperidine rings is 1. The minimum atomic E-state index is 0.268. The van der Waals surface area contributed by atoms with E-state index in [1.54, 1.807) is 0 Å². The lowest BCUT2D eigenvalue weighted by Gasteiger charge is -2.20. The summed E-state index contributed by atoms with van der Waals surface area (Å²) in [5.74, 6) is 2.06. The fourth-order valence-corrected chi connectivity index (χ4v) is 2.57. The Morgan fingerprint density at radius 3 is 2.76 bits per heavy atom. The summed E-state index contributed by atoms with van der Waals surface area (Å²) in [5.41, 5.74) is 0. The average Bonchev–Trinajstić information content (AvgIpc) is 2.90. The summed E-state index contributed by atoms with van der Waals surface area (Å²) in [7, 11) is 0. The third-order valence-corrected chi connectivity index (χ3v) is 3.65. The molecule has 0 spiro atoms. The van der Waals surface area contributed by atoms with Crippen LogP contribution in [0, 0.1) is 0 Å². The van der Waals surface area contributed by atoms with Crippen molar-refractivity contribution < 1.29 is 9.26 Å². The van der Waals surface area contributed by atoms with Gasteiger partial charge in [0.1, 0.15) is 0 Å². The third-order valence-electron chi connectivity index (χ3n) is 3.65. The van der Waals surface area contributed by atoms with E-state index in [0.29, 0.717) is 5.92 Å². The van der Waals surface area contributed by atoms with Gasteiger partial charge in [-0.1, -0.05) is 11.6 Å². The van der Waals surface area contributed by atoms with Crippen molar-refractivity contribution in [1.29, 1.82) is 0 Å². The van der Waals surface area contributed by atoms with E-state index in [-0.39, 0.29) is 6.04 Å². The maximum absolute atomic E-state index is 5.39. The second-order valence-corrected chi connectivity index (χ2v) is 4.88. The highest BCUT2D eigenvalue weighted by atomic mass is 16.5. The summed E-state index contributed by atoms with van der Waals surface area (Å²) in [5, 5.41) is 7.56. The predicted octanol–water partition coefficient (Wildman–Crippen LogP) is 1.78. The Balaban J connectivity index is 1.68. The summed E-state index contributed by atoms with van der Waals surface area (Å²) in [4.78, 5) is 4.56. The van der Waals surface area contributed by atoms with Gasteiger partial charge in [0, 0.05) is 19.1 Å². The molecule has 2 aliphatic rings. The first-order valence-corrected chi connectivity index (χ1v) is 6.58. The van der Waals surface area contributed by atoms with Crippen LogP contribution >= 0.6 is 0 Å². The first-order valence-electron chi connectivity index (χ1n) is 6.58. The summed E-state index contributed by atoms with van der Waals surface area (Å²) in [6.07, 6.45) is 5.62. The normalized spacial score (nSPS) is 27.2. The van der Waals surface area contributed by atoms with Crippen molar-refractivity contribution in [3.05, 3.63) is 11.7 Å². The predicted molar refractivity (Wildman–Crippen MR) is 61.7 cm³/mol. The van der Waals surface area contributed by atoms with Crippen LogP contribution in [0.15, 0.2) is 4.52 Å². The quantitative estimate of drug-likeness (QED) is 0.849. The molecule has 0 aliphatic carbocycles. The molecular weight excluding hydrogens is 218 g/mol. The first-order chi connectivity index (χ1) is 8.43. The smallest absolute Gasteiger partial charge is 0.243 e. The van der Waals surface area contributed by atoms with Crippen LogP contribution in [0.2, 0.25) is 0 Å². The van der Waals surface area contributed by atoms with Crippen molar-refractivity contribution in [3.8, 4) is 0 Å². The molecule has 3 rings (SSSR count). The van der Waals surface area contributed by atoms with E-state index < -0.39 is 0 Å². The SMILES string of the molecule is C1CC[C@@H](c2nc(C3CCOCC3)no2)NC1. The van der Waals surface area contributed by atoms with Crippen molar-refractivity contribution in [2.75, 3.05) is 19.8 Å². The zero-order valence-electron chi connectivity index (χ0n) is 10.0. The number of nitrogens with one attached hydrogen (secondary N) is 1. The average molecular weight is 237 g/mol. The molecule has 0 bridgehead atoms. The summed E-state index contributed by atoms with van der Waals surface area (Å²) in [6.45, 7) is 2.69. The molecule has 1 N–H and O–H groups in total. The summed E-state index contributed by atoms with van der Waals surface area (Å²) >= 11 is 0. The number of ether oxygens (including phenoxy) is 1. The van der Waals surface area contributed by atoms with Gasteiger partial charge in [-0.05, 0) is 32.2 Å². The highest BCUT2D eigenvalue weighted by Gasteiger charge is 2.25. The van der Waals surface area contributed by atoms with E-state index in [4.69, 9.17) is 9.26 Å². The van der Waals surface area contributed by atoms with Crippen LogP contribution in [-0.2, 0) is 4.74 Å². The molecule has 0 saturated carbocycles. The largest absolute Gasteiger partial charge is 0.381 e. The van der Waals surface area contributed by atoms with E-state index in [2.05, 4.69) is 15.5 Å². The number of hydrogen-bond acceptors (Lipinski definition) is 5. The summed E-state index contributed by atoms with van der Waals surface area (Å²) < 4.78 is 10.7. The molecule has 2 fully saturated rings. The Morgan fingerprint density at radius 1 is 1.12 bits per heavy atom. The molecule has 2 aliphatic heterocycles. The van der Waals surface area contributed by atoms with E-state index in [1.165, 1.54) is 12.8 Å². The highest BCUT2D eigenvalue weighted by molar-refractivity contribution is 5.00.